The second-order valence-electron chi connectivity index (χ2n) is 9.39. The lowest BCUT2D eigenvalue weighted by Crippen LogP contribution is -2.44. The van der Waals surface area contributed by atoms with E-state index in [4.69, 9.17) is 10.00 Å². The monoisotopic (exact) mass is 512 g/mol. The number of amides is 2. The van der Waals surface area contributed by atoms with E-state index in [0.717, 1.165) is 12.8 Å². The van der Waals surface area contributed by atoms with E-state index in [1.165, 1.54) is 17.9 Å². The fourth-order valence-electron chi connectivity index (χ4n) is 4.86. The van der Waals surface area contributed by atoms with Crippen LogP contribution in [0.4, 0.5) is 26.5 Å². The topological polar surface area (TPSA) is 136 Å². The summed E-state index contributed by atoms with van der Waals surface area (Å²) in [7, 11) is 0. The summed E-state index contributed by atoms with van der Waals surface area (Å²) >= 11 is 0. The molecule has 3 aliphatic heterocycles. The van der Waals surface area contributed by atoms with Crippen LogP contribution in [0.5, 0.6) is 0 Å². The van der Waals surface area contributed by atoms with Crippen LogP contribution in [-0.4, -0.2) is 95.6 Å². The Morgan fingerprint density at radius 3 is 2.62 bits per heavy atom. The Morgan fingerprint density at radius 2 is 1.95 bits per heavy atom. The molecule has 5 rings (SSSR count). The maximum atomic E-state index is 15.1. The quantitative estimate of drug-likeness (QED) is 0.552. The second kappa shape index (κ2) is 10.5. The Hall–Kier alpha value is -4.15. The molecule has 0 aliphatic carbocycles. The van der Waals surface area contributed by atoms with Crippen LogP contribution in [0.1, 0.15) is 25.8 Å². The molecule has 3 fully saturated rings. The molecule has 0 bridgehead atoms. The average molecular weight is 513 g/mol. The number of nitriles is 1. The normalized spacial score (nSPS) is 20.7. The van der Waals surface area contributed by atoms with E-state index in [0.29, 0.717) is 56.6 Å². The fraction of sp³-hybridized carbons (Fsp3) is 0.565. The Morgan fingerprint density at radius 1 is 1.19 bits per heavy atom. The molecule has 196 valence electrons. The van der Waals surface area contributed by atoms with E-state index in [9.17, 15) is 9.59 Å². The number of halogens is 1. The van der Waals surface area contributed by atoms with Gasteiger partial charge in [-0.05, 0) is 36.3 Å². The van der Waals surface area contributed by atoms with Crippen molar-refractivity contribution in [1.29, 1.82) is 5.26 Å². The summed E-state index contributed by atoms with van der Waals surface area (Å²) in [5.41, 5.74) is 0.897. The van der Waals surface area contributed by atoms with Gasteiger partial charge in [-0.15, -0.1) is 5.10 Å². The number of rotatable bonds is 6. The van der Waals surface area contributed by atoms with E-state index < -0.39 is 18.0 Å². The highest BCUT2D eigenvalue weighted by Gasteiger charge is 2.33. The van der Waals surface area contributed by atoms with Gasteiger partial charge in [0, 0.05) is 46.2 Å². The Labute approximate surface area is 213 Å². The molecule has 4 heterocycles. The van der Waals surface area contributed by atoms with Crippen LogP contribution in [0.2, 0.25) is 0 Å². The van der Waals surface area contributed by atoms with E-state index >= 15 is 4.39 Å². The van der Waals surface area contributed by atoms with Gasteiger partial charge in [0.2, 0.25) is 5.91 Å². The van der Waals surface area contributed by atoms with E-state index in [-0.39, 0.29) is 25.0 Å². The van der Waals surface area contributed by atoms with Crippen LogP contribution in [0.3, 0.4) is 0 Å². The van der Waals surface area contributed by atoms with Gasteiger partial charge in [0.05, 0.1) is 30.5 Å². The first-order valence-corrected chi connectivity index (χ1v) is 12.4. The molecule has 37 heavy (non-hydrogen) atoms. The molecule has 1 aromatic carbocycles. The molecule has 0 radical (unpaired) electrons. The van der Waals surface area contributed by atoms with Crippen molar-refractivity contribution in [3.05, 3.63) is 24.0 Å². The standard InChI is InChI=1S/C23H29FN10O3/c1-16(35)26-13-19-14-33(23(36)37-19)18-2-3-21(20(24)12-18)31-6-4-17(5-7-31)34-28-22(27-29-34)32-10-8-30(15-25)9-11-32/h2-3,12,17,19H,4-11,13-14H2,1H3,(H,26,35). The van der Waals surface area contributed by atoms with Crippen molar-refractivity contribution in [2.45, 2.75) is 31.9 Å². The van der Waals surface area contributed by atoms with Crippen molar-refractivity contribution >= 4 is 29.3 Å². The Kier molecular flexibility index (Phi) is 6.93. The summed E-state index contributed by atoms with van der Waals surface area (Å²) < 4.78 is 20.4. The zero-order chi connectivity index (χ0) is 25.9. The first-order valence-electron chi connectivity index (χ1n) is 12.4. The lowest BCUT2D eigenvalue weighted by Gasteiger charge is -2.33. The minimum absolute atomic E-state index is 0.0696. The van der Waals surface area contributed by atoms with Crippen molar-refractivity contribution in [3.63, 3.8) is 0 Å². The number of hydrogen-bond donors (Lipinski definition) is 1. The molecule has 1 atom stereocenters. The summed E-state index contributed by atoms with van der Waals surface area (Å²) in [6.07, 6.45) is 2.60. The molecule has 1 unspecified atom stereocenters. The first-order chi connectivity index (χ1) is 17.9. The molecule has 0 spiro atoms. The van der Waals surface area contributed by atoms with Crippen molar-refractivity contribution < 1.29 is 18.7 Å². The van der Waals surface area contributed by atoms with Crippen molar-refractivity contribution in [1.82, 2.24) is 30.4 Å². The highest BCUT2D eigenvalue weighted by molar-refractivity contribution is 5.90. The summed E-state index contributed by atoms with van der Waals surface area (Å²) in [5.74, 6) is -0.0445. The first kappa shape index (κ1) is 24.5. The number of anilines is 3. The fourth-order valence-corrected chi connectivity index (χ4v) is 4.86. The number of hydrogen-bond acceptors (Lipinski definition) is 10. The molecular weight excluding hydrogens is 483 g/mol. The van der Waals surface area contributed by atoms with Crippen LogP contribution in [0, 0.1) is 17.3 Å². The SMILES string of the molecule is CC(=O)NCC1CN(c2ccc(N3CCC(n4nnc(N5CCN(C#N)CC5)n4)CC3)c(F)c2)C(=O)O1. The number of carbonyl (C=O) groups excluding carboxylic acids is 2. The molecule has 2 aromatic rings. The third-order valence-corrected chi connectivity index (χ3v) is 6.95. The number of carbonyl (C=O) groups is 2. The molecule has 3 saturated heterocycles. The maximum Gasteiger partial charge on any atom is 0.414 e. The minimum Gasteiger partial charge on any atom is -0.442 e. The predicted octanol–water partition coefficient (Wildman–Crippen LogP) is 0.718. The molecule has 3 aliphatic rings. The van der Waals surface area contributed by atoms with Crippen molar-refractivity contribution in [2.75, 3.05) is 67.1 Å². The Balaban J connectivity index is 1.16. The molecular formula is C23H29FN10O3. The zero-order valence-corrected chi connectivity index (χ0v) is 20.6. The van der Waals surface area contributed by atoms with Gasteiger partial charge >= 0.3 is 6.09 Å². The van der Waals surface area contributed by atoms with Crippen LogP contribution in [0.15, 0.2) is 18.2 Å². The summed E-state index contributed by atoms with van der Waals surface area (Å²) in [5, 5.41) is 24.7. The van der Waals surface area contributed by atoms with E-state index in [2.05, 4.69) is 26.9 Å². The lowest BCUT2D eigenvalue weighted by atomic mass is 10.0. The maximum absolute atomic E-state index is 15.1. The van der Waals surface area contributed by atoms with Crippen LogP contribution in [-0.2, 0) is 9.53 Å². The largest absolute Gasteiger partial charge is 0.442 e. The summed E-state index contributed by atoms with van der Waals surface area (Å²) in [6.45, 7) is 5.75. The van der Waals surface area contributed by atoms with E-state index in [1.807, 2.05) is 9.80 Å². The predicted molar refractivity (Wildman–Crippen MR) is 130 cm³/mol. The third kappa shape index (κ3) is 5.35. The Bertz CT molecular complexity index is 1180. The van der Waals surface area contributed by atoms with Crippen LogP contribution >= 0.6 is 0 Å². The summed E-state index contributed by atoms with van der Waals surface area (Å²) in [4.78, 5) is 32.1. The highest BCUT2D eigenvalue weighted by atomic mass is 19.1. The number of benzene rings is 1. The van der Waals surface area contributed by atoms with Gasteiger partial charge in [0.25, 0.3) is 5.95 Å². The third-order valence-electron chi connectivity index (χ3n) is 6.95. The van der Waals surface area contributed by atoms with Gasteiger partial charge in [0.15, 0.2) is 6.19 Å². The molecule has 1 N–H and O–H groups in total. The molecule has 14 heteroatoms. The number of cyclic esters (lactones) is 1. The number of ether oxygens (including phenoxy) is 1. The molecule has 1 aromatic heterocycles. The highest BCUT2D eigenvalue weighted by Crippen LogP contribution is 2.31. The molecule has 13 nitrogen and oxygen atoms in total. The van der Waals surface area contributed by atoms with Crippen molar-refractivity contribution in [2.24, 2.45) is 0 Å². The molecule has 0 saturated carbocycles. The van der Waals surface area contributed by atoms with Gasteiger partial charge < -0.3 is 24.8 Å². The smallest absolute Gasteiger partial charge is 0.414 e. The van der Waals surface area contributed by atoms with Crippen molar-refractivity contribution in [3.8, 4) is 6.19 Å². The number of piperazine rings is 1. The molecule has 2 amide bonds. The number of nitrogens with one attached hydrogen (secondary N) is 1. The van der Waals surface area contributed by atoms with Gasteiger partial charge in [0.1, 0.15) is 11.9 Å². The zero-order valence-electron chi connectivity index (χ0n) is 20.6. The van der Waals surface area contributed by atoms with Gasteiger partial charge in [-0.2, -0.15) is 10.1 Å². The van der Waals surface area contributed by atoms with Crippen LogP contribution < -0.4 is 20.0 Å². The van der Waals surface area contributed by atoms with Gasteiger partial charge in [-0.25, -0.2) is 9.18 Å². The number of piperidine rings is 1. The number of aromatic nitrogens is 4. The van der Waals surface area contributed by atoms with Gasteiger partial charge in [-0.1, -0.05) is 5.10 Å². The lowest BCUT2D eigenvalue weighted by molar-refractivity contribution is -0.119. The second-order valence-corrected chi connectivity index (χ2v) is 9.39. The van der Waals surface area contributed by atoms with Crippen LogP contribution in [0.25, 0.3) is 0 Å². The average Bonchev–Trinajstić information content (AvgIpc) is 3.55. The number of nitrogens with zero attached hydrogens (tertiary/aromatic N) is 9. The van der Waals surface area contributed by atoms with Gasteiger partial charge in [-0.3, -0.25) is 9.69 Å². The minimum atomic E-state index is -0.560. The van der Waals surface area contributed by atoms with E-state index in [1.54, 1.807) is 21.8 Å². The summed E-state index contributed by atoms with van der Waals surface area (Å²) in [6, 6.07) is 4.82. The number of tetrazole rings is 1.